The van der Waals surface area contributed by atoms with Gasteiger partial charge in [0, 0.05) is 40.8 Å². The highest BCUT2D eigenvalue weighted by Gasteiger charge is 2.40. The highest BCUT2D eigenvalue weighted by Crippen LogP contribution is 2.42. The minimum absolute atomic E-state index is 0.0504. The molecule has 0 spiro atoms. The average molecular weight is 579 g/mol. The smallest absolute Gasteiger partial charge is 0.339 e. The second kappa shape index (κ2) is 13.3. The Kier molecular flexibility index (Phi) is 11.0. The highest BCUT2D eigenvalue weighted by molar-refractivity contribution is 7.98. The van der Waals surface area contributed by atoms with E-state index in [4.69, 9.17) is 24.4 Å². The summed E-state index contributed by atoms with van der Waals surface area (Å²) in [6.07, 6.45) is 0. The summed E-state index contributed by atoms with van der Waals surface area (Å²) in [7, 11) is 0.474. The summed E-state index contributed by atoms with van der Waals surface area (Å²) in [6, 6.07) is 6.78. The first kappa shape index (κ1) is 32.1. The van der Waals surface area contributed by atoms with E-state index in [-0.39, 0.29) is 23.1 Å². The number of thioether (sulfide) groups is 1. The molecule has 0 amide bonds. The molecule has 0 fully saturated rings. The van der Waals surface area contributed by atoms with Gasteiger partial charge in [-0.05, 0) is 42.8 Å². The van der Waals surface area contributed by atoms with Crippen LogP contribution < -0.4 is 14.9 Å². The summed E-state index contributed by atoms with van der Waals surface area (Å²) in [6.45, 7) is 12.3. The molecule has 2 rings (SSSR count). The lowest BCUT2D eigenvalue weighted by atomic mass is 10.0. The summed E-state index contributed by atoms with van der Waals surface area (Å²) in [5.41, 5.74) is 8.00. The Bertz CT molecular complexity index is 1200. The first-order valence-corrected chi connectivity index (χ1v) is 16.4. The second-order valence-corrected chi connectivity index (χ2v) is 16.3. The second-order valence-electron chi connectivity index (χ2n) is 10.6. The Morgan fingerprint density at radius 2 is 1.74 bits per heavy atom. The Balaban J connectivity index is 2.49. The van der Waals surface area contributed by atoms with Crippen molar-refractivity contribution in [3.63, 3.8) is 0 Å². The van der Waals surface area contributed by atoms with E-state index in [0.717, 1.165) is 0 Å². The minimum Gasteiger partial charge on any atom is -0.543 e. The fraction of sp³-hybridized carbons (Fsp3) is 0.481. The molecule has 0 heterocycles. The van der Waals surface area contributed by atoms with Crippen LogP contribution in [-0.2, 0) is 26.6 Å². The molecular weight excluding hydrogens is 540 g/mol. The first-order valence-electron chi connectivity index (χ1n) is 12.3. The van der Waals surface area contributed by atoms with Crippen LogP contribution in [0.3, 0.4) is 0 Å². The van der Waals surface area contributed by atoms with E-state index in [0.29, 0.717) is 39.5 Å². The van der Waals surface area contributed by atoms with Crippen LogP contribution in [-0.4, -0.2) is 51.2 Å². The van der Waals surface area contributed by atoms with Gasteiger partial charge in [-0.2, -0.15) is 11.8 Å². The molecule has 0 bridgehead atoms. The Hall–Kier alpha value is -3.09. The third-order valence-corrected chi connectivity index (χ3v) is 12.2. The number of non-ortho nitro benzene ring substituents is 1. The van der Waals surface area contributed by atoms with E-state index < -0.39 is 31.2 Å². The summed E-state index contributed by atoms with van der Waals surface area (Å²) < 4.78 is 22.6. The van der Waals surface area contributed by atoms with Gasteiger partial charge in [-0.1, -0.05) is 20.8 Å². The number of esters is 2. The molecule has 0 aliphatic rings. The van der Waals surface area contributed by atoms with Crippen LogP contribution in [0.25, 0.3) is 0 Å². The van der Waals surface area contributed by atoms with E-state index in [2.05, 4.69) is 33.9 Å². The Morgan fingerprint density at radius 3 is 2.26 bits per heavy atom. The Labute approximate surface area is 234 Å². The maximum Gasteiger partial charge on any atom is 0.339 e. The number of methoxy groups -OCH3 is 2. The van der Waals surface area contributed by atoms with Crippen molar-refractivity contribution >= 4 is 37.7 Å². The van der Waals surface area contributed by atoms with E-state index in [1.165, 1.54) is 38.1 Å². The van der Waals surface area contributed by atoms with Crippen LogP contribution in [0.15, 0.2) is 30.3 Å². The van der Waals surface area contributed by atoms with E-state index >= 15 is 0 Å². The molecule has 10 nitrogen and oxygen atoms in total. The van der Waals surface area contributed by atoms with Gasteiger partial charge >= 0.3 is 11.9 Å². The zero-order valence-corrected chi connectivity index (χ0v) is 25.6. The number of nitrogens with zero attached hydrogens (tertiary/aromatic N) is 1. The summed E-state index contributed by atoms with van der Waals surface area (Å²) in [4.78, 5) is 35.8. The normalized spacial score (nSPS) is 12.4. The summed E-state index contributed by atoms with van der Waals surface area (Å²) in [5, 5.41) is 10.8. The molecule has 0 radical (unpaired) electrons. The molecule has 2 aromatic rings. The van der Waals surface area contributed by atoms with E-state index in [9.17, 15) is 19.7 Å². The number of nitrogens with two attached hydrogens (primary N) is 1. The number of nitro groups is 1. The lowest BCUT2D eigenvalue weighted by Crippen LogP contribution is -2.44. The number of hydrogen-bond donors (Lipinski definition) is 1. The van der Waals surface area contributed by atoms with Crippen LogP contribution in [0, 0.1) is 17.0 Å². The van der Waals surface area contributed by atoms with Crippen molar-refractivity contribution in [3.05, 3.63) is 62.7 Å². The van der Waals surface area contributed by atoms with Crippen LogP contribution in [0.1, 0.15) is 47.8 Å². The van der Waals surface area contributed by atoms with Crippen LogP contribution in [0.2, 0.25) is 18.1 Å². The first-order chi connectivity index (χ1) is 18.1. The number of nitro benzene ring substituents is 1. The fourth-order valence-electron chi connectivity index (χ4n) is 3.38. The maximum atomic E-state index is 13.5. The SMILES string of the molecule is COC(=O)C(N)CSCc1c(O[Si](C)(C)C(C)(C)C)cc(OC)c(C)c1C(=O)OCc1ccc([N+](=O)[O-])cc1. The van der Waals surface area contributed by atoms with Gasteiger partial charge in [0.25, 0.3) is 5.69 Å². The third kappa shape index (κ3) is 8.20. The number of carbonyl (C=O) groups is 2. The van der Waals surface area contributed by atoms with Gasteiger partial charge < -0.3 is 24.4 Å². The van der Waals surface area contributed by atoms with Crippen molar-refractivity contribution < 1.29 is 33.1 Å². The van der Waals surface area contributed by atoms with E-state index in [1.54, 1.807) is 25.1 Å². The molecule has 0 saturated carbocycles. The Morgan fingerprint density at radius 1 is 1.13 bits per heavy atom. The van der Waals surface area contributed by atoms with Gasteiger partial charge in [-0.3, -0.25) is 14.9 Å². The number of ether oxygens (including phenoxy) is 3. The average Bonchev–Trinajstić information content (AvgIpc) is 2.87. The molecule has 2 aromatic carbocycles. The zero-order chi connectivity index (χ0) is 29.5. The molecule has 39 heavy (non-hydrogen) atoms. The van der Waals surface area contributed by atoms with Gasteiger partial charge in [0.05, 0.1) is 24.7 Å². The predicted molar refractivity (Wildman–Crippen MR) is 154 cm³/mol. The lowest BCUT2D eigenvalue weighted by molar-refractivity contribution is -0.384. The molecule has 12 heteroatoms. The van der Waals surface area contributed by atoms with Crippen molar-refractivity contribution in [2.24, 2.45) is 5.73 Å². The summed E-state index contributed by atoms with van der Waals surface area (Å²) >= 11 is 1.38. The molecule has 1 unspecified atom stereocenters. The largest absolute Gasteiger partial charge is 0.543 e. The molecule has 1 atom stereocenters. The third-order valence-electron chi connectivity index (χ3n) is 6.77. The number of hydrogen-bond acceptors (Lipinski definition) is 10. The topological polar surface area (TPSA) is 140 Å². The lowest BCUT2D eigenvalue weighted by Gasteiger charge is -2.37. The number of rotatable bonds is 12. The van der Waals surface area contributed by atoms with Crippen molar-refractivity contribution in [1.29, 1.82) is 0 Å². The van der Waals surface area contributed by atoms with Gasteiger partial charge in [-0.15, -0.1) is 0 Å². The molecular formula is C27H38N2O8SSi. The van der Waals surface area contributed by atoms with Crippen molar-refractivity contribution in [2.45, 2.75) is 64.2 Å². The highest BCUT2D eigenvalue weighted by atomic mass is 32.2. The molecule has 0 aliphatic heterocycles. The minimum atomic E-state index is -2.33. The van der Waals surface area contributed by atoms with Crippen molar-refractivity contribution in [3.8, 4) is 11.5 Å². The standard InChI is InChI=1S/C27H38N2O8SSi/c1-17-22(34-5)13-23(37-39(7,8)27(2,3)4)20(15-38-16-21(28)25(30)35-6)24(17)26(31)36-14-18-9-11-19(12-10-18)29(32)33/h9-13,21H,14-16,28H2,1-8H3. The van der Waals surface area contributed by atoms with Gasteiger partial charge in [0.15, 0.2) is 0 Å². The molecule has 2 N–H and O–H groups in total. The van der Waals surface area contributed by atoms with Gasteiger partial charge in [0.2, 0.25) is 8.32 Å². The quantitative estimate of drug-likeness (QED) is 0.151. The summed E-state index contributed by atoms with van der Waals surface area (Å²) in [5.74, 6) is 0.485. The number of benzene rings is 2. The van der Waals surface area contributed by atoms with Crippen LogP contribution in [0.4, 0.5) is 5.69 Å². The van der Waals surface area contributed by atoms with Crippen molar-refractivity contribution in [1.82, 2.24) is 0 Å². The van der Waals surface area contributed by atoms with Crippen LogP contribution in [0.5, 0.6) is 11.5 Å². The molecule has 0 aromatic heterocycles. The zero-order valence-electron chi connectivity index (χ0n) is 23.8. The number of carbonyl (C=O) groups excluding carboxylic acids is 2. The van der Waals surface area contributed by atoms with E-state index in [1.807, 2.05) is 0 Å². The van der Waals surface area contributed by atoms with Crippen LogP contribution >= 0.6 is 11.8 Å². The van der Waals surface area contributed by atoms with Crippen molar-refractivity contribution in [2.75, 3.05) is 20.0 Å². The van der Waals surface area contributed by atoms with Gasteiger partial charge in [0.1, 0.15) is 24.1 Å². The molecule has 214 valence electrons. The van der Waals surface area contributed by atoms with Gasteiger partial charge in [-0.25, -0.2) is 4.79 Å². The molecule has 0 aliphatic carbocycles. The monoisotopic (exact) mass is 578 g/mol. The molecule has 0 saturated heterocycles. The predicted octanol–water partition coefficient (Wildman–Crippen LogP) is 5.39. The maximum absolute atomic E-state index is 13.5. The fourth-order valence-corrected chi connectivity index (χ4v) is 5.42.